The second-order valence-corrected chi connectivity index (χ2v) is 31.5. The van der Waals surface area contributed by atoms with Gasteiger partial charge in [0.1, 0.15) is 208 Å². The van der Waals surface area contributed by atoms with E-state index in [0.717, 1.165) is 0 Å². The molecule has 48 atom stereocenters. The van der Waals surface area contributed by atoms with Crippen LogP contribution in [0.3, 0.4) is 0 Å². The number of hydrogen-bond acceptors (Lipinski definition) is 51. The van der Waals surface area contributed by atoms with Gasteiger partial charge in [-0.1, -0.05) is 0 Å². The standard InChI is InChI=1S/C59H106N4O52P2/c1-11-24(71)30(77)38(85)53(100-11)110-47-23(63)52(102-17(7-67)27(47)74)98-9-19(105-56-48(36(83)34(81)42(107-56)14(70)5-65)111-54-39(86)31(78)25(72)16(6-66)103-54)44-35(82)37(84)49(112-55-40(87)32(79)33(80)41(106-55)13(69)4-64)57(108-44)109-46-15(114-116(91,92)93)2-59(58(89)90,113-43(46)12(68)3-60)99-10-20-45(115-117(94,95)96)29(76)22(62)51(104-20)97-8-18-26(73)28(75)21(61)50(88)101-18/h11-57,64-88H,2-10,60-63H2,1H3,(H,89,90)(H2,91,92,93)(H2,94,95,96)/t11-,12+,13-,14-,15+,16+,17+,18+,19+,20+,21+,22+,23+,24-,25+,26+,27+,28+,29+,30+,31-,32-,33-,34-,35-,36-,37-,38+,39+,40-,41+,42+,43+,44+,45+,46+,47+,48-,49-,50-,51+,52+,53-,54+,55+,56-,57+,59+/m0/s1. The molecule has 0 radical (unpaired) electrons. The van der Waals surface area contributed by atoms with E-state index in [1.165, 1.54) is 6.92 Å². The molecule has 0 saturated carbocycles. The topological polar surface area (TPSA) is 938 Å². The van der Waals surface area contributed by atoms with Crippen LogP contribution in [0.4, 0.5) is 0 Å². The minimum Gasteiger partial charge on any atom is -0.477 e. The molecule has 9 rings (SSSR count). The molecule has 0 aromatic rings. The molecule has 9 fully saturated rings. The number of carboxylic acid groups (broad SMARTS) is 1. The second-order valence-electron chi connectivity index (χ2n) is 29.1. The van der Waals surface area contributed by atoms with Gasteiger partial charge < -0.3 is 256 Å². The Kier molecular flexibility index (Phi) is 34.6. The third-order valence-corrected chi connectivity index (χ3v) is 22.1. The summed E-state index contributed by atoms with van der Waals surface area (Å²) in [5, 5.41) is 287. The van der Waals surface area contributed by atoms with Gasteiger partial charge in [-0.3, -0.25) is 9.05 Å². The van der Waals surface area contributed by atoms with Gasteiger partial charge in [0, 0.05) is 13.0 Å². The lowest BCUT2D eigenvalue weighted by Crippen LogP contribution is -2.70. The molecular weight excluding hydrogens is 1660 g/mol. The van der Waals surface area contributed by atoms with Crippen molar-refractivity contribution in [3.05, 3.63) is 0 Å². The van der Waals surface area contributed by atoms with E-state index in [1.54, 1.807) is 0 Å². The number of nitrogens with two attached hydrogens (primary N) is 4. The Morgan fingerprint density at radius 1 is 0.427 bits per heavy atom. The lowest BCUT2D eigenvalue weighted by Gasteiger charge is -2.52. The predicted molar refractivity (Wildman–Crippen MR) is 355 cm³/mol. The van der Waals surface area contributed by atoms with Gasteiger partial charge in [0.25, 0.3) is 5.79 Å². The fourth-order valence-corrected chi connectivity index (χ4v) is 15.5. The van der Waals surface area contributed by atoms with Crippen LogP contribution in [0.25, 0.3) is 0 Å². The van der Waals surface area contributed by atoms with Crippen LogP contribution < -0.4 is 22.9 Å². The van der Waals surface area contributed by atoms with Crippen molar-refractivity contribution in [3.63, 3.8) is 0 Å². The number of aliphatic carboxylic acids is 1. The summed E-state index contributed by atoms with van der Waals surface area (Å²) in [6, 6.07) is -5.49. The van der Waals surface area contributed by atoms with E-state index in [-0.39, 0.29) is 0 Å². The Morgan fingerprint density at radius 3 is 1.44 bits per heavy atom. The van der Waals surface area contributed by atoms with E-state index >= 15 is 0 Å². The highest BCUT2D eigenvalue weighted by atomic mass is 31.2. The number of ether oxygens (including phenoxy) is 17. The molecule has 58 heteroatoms. The van der Waals surface area contributed by atoms with Crippen LogP contribution in [-0.4, -0.2) is 505 Å². The second kappa shape index (κ2) is 41.1. The first-order chi connectivity index (χ1) is 54.7. The zero-order valence-corrected chi connectivity index (χ0v) is 62.9. The van der Waals surface area contributed by atoms with Crippen LogP contribution in [0, 0.1) is 0 Å². The van der Waals surface area contributed by atoms with Crippen molar-refractivity contribution in [3.8, 4) is 0 Å². The van der Waals surface area contributed by atoms with Crippen LogP contribution in [-0.2, 0) is 103 Å². The molecule has 0 spiro atoms. The number of aliphatic hydroxyl groups is 25. The summed E-state index contributed by atoms with van der Waals surface area (Å²) < 4.78 is 135. The Bertz CT molecular complexity index is 3200. The van der Waals surface area contributed by atoms with E-state index in [2.05, 4.69) is 0 Å². The van der Waals surface area contributed by atoms with Crippen molar-refractivity contribution in [2.75, 3.05) is 52.8 Å². The van der Waals surface area contributed by atoms with Crippen LogP contribution in [0.15, 0.2) is 0 Å². The van der Waals surface area contributed by atoms with E-state index in [4.69, 9.17) is 113 Å². The number of rotatable bonds is 33. The van der Waals surface area contributed by atoms with Crippen LogP contribution in [0.5, 0.6) is 0 Å². The van der Waals surface area contributed by atoms with Gasteiger partial charge in [-0.05, 0) is 6.92 Å². The zero-order valence-electron chi connectivity index (χ0n) is 61.1. The van der Waals surface area contributed by atoms with Crippen LogP contribution in [0.1, 0.15) is 13.3 Å². The van der Waals surface area contributed by atoms with Gasteiger partial charge >= 0.3 is 21.6 Å². The molecule has 9 heterocycles. The smallest absolute Gasteiger partial charge is 0.470 e. The van der Waals surface area contributed by atoms with Crippen LogP contribution in [0.2, 0.25) is 0 Å². The molecule has 684 valence electrons. The maximum absolute atomic E-state index is 13.9. The first-order valence-corrected chi connectivity index (χ1v) is 39.2. The van der Waals surface area contributed by atoms with E-state index < -0.39 is 375 Å². The molecule has 0 amide bonds. The summed E-state index contributed by atoms with van der Waals surface area (Å²) in [6.07, 6.45) is -103. The predicted octanol–water partition coefficient (Wildman–Crippen LogP) is -21.6. The number of phosphoric ester groups is 2. The highest BCUT2D eigenvalue weighted by molar-refractivity contribution is 7.46. The van der Waals surface area contributed by atoms with Gasteiger partial charge in [-0.2, -0.15) is 0 Å². The molecule has 9 saturated heterocycles. The van der Waals surface area contributed by atoms with E-state index in [9.17, 15) is 166 Å². The lowest BCUT2D eigenvalue weighted by molar-refractivity contribution is -0.407. The minimum absolute atomic E-state index is 0.927. The first-order valence-electron chi connectivity index (χ1n) is 36.2. The zero-order chi connectivity index (χ0) is 87.0. The Labute approximate surface area is 658 Å². The molecule has 0 bridgehead atoms. The maximum Gasteiger partial charge on any atom is 0.470 e. The number of carboxylic acids is 1. The molecule has 0 aliphatic carbocycles. The fraction of sp³-hybridized carbons (Fsp3) is 0.983. The van der Waals surface area contributed by atoms with Crippen molar-refractivity contribution >= 4 is 21.6 Å². The molecule has 0 aromatic carbocycles. The Balaban J connectivity index is 1.14. The first kappa shape index (κ1) is 98.6. The highest BCUT2D eigenvalue weighted by Gasteiger charge is 2.64. The molecular formula is C59H106N4O52P2. The summed E-state index contributed by atoms with van der Waals surface area (Å²) in [7, 11) is -12.1. The Morgan fingerprint density at radius 2 is 0.889 bits per heavy atom. The highest BCUT2D eigenvalue weighted by Crippen LogP contribution is 2.48. The fourth-order valence-electron chi connectivity index (χ4n) is 14.4. The Hall–Kier alpha value is -2.15. The molecule has 117 heavy (non-hydrogen) atoms. The molecule has 38 N–H and O–H groups in total. The monoisotopic (exact) mass is 1760 g/mol. The van der Waals surface area contributed by atoms with Gasteiger partial charge in [0.15, 0.2) is 50.3 Å². The normalized spacial score (nSPS) is 49.0. The number of phosphoric acid groups is 2. The largest absolute Gasteiger partial charge is 0.477 e. The number of carbonyl (C=O) groups is 1. The summed E-state index contributed by atoms with van der Waals surface area (Å²) in [5.41, 5.74) is 24.4. The van der Waals surface area contributed by atoms with Gasteiger partial charge in [0.05, 0.1) is 76.6 Å². The van der Waals surface area contributed by atoms with E-state index in [0.29, 0.717) is 0 Å². The van der Waals surface area contributed by atoms with Crippen molar-refractivity contribution in [1.29, 1.82) is 0 Å². The molecule has 9 aliphatic heterocycles. The molecule has 0 aromatic heterocycles. The maximum atomic E-state index is 13.9. The molecule has 0 unspecified atom stereocenters. The van der Waals surface area contributed by atoms with Crippen molar-refractivity contribution in [2.45, 2.75) is 307 Å². The third kappa shape index (κ3) is 22.1. The minimum atomic E-state index is -6.26. The molecule has 9 aliphatic rings. The quantitative estimate of drug-likeness (QED) is 0.0271. The van der Waals surface area contributed by atoms with Gasteiger partial charge in [-0.15, -0.1) is 0 Å². The SMILES string of the molecule is C[C@@H]1O[C@@H](O[C@@H]2[C@@H](N)[C@H](OC[C@@H](O[C@H]3O[C@H]([C@@H](O)CO)[C@@H](O)[C@H](O)[C@@H]3O[C@H]3O[C@H](CO)[C@@H](O)[C@H](O)[C@H]3O)[C@H]3O[C@H](O[C@H]4[C@@H]([C@H](O)CN)O[C@@](OC[C@H]5O[C@@H](OC[C@H]6O[C@H](O)[C@H](N)[C@@H](O)[C@@H]6O)[C@H](N)[C@@H](O)[C@@H]5OP(=O)(O)O)(C(=O)O)C[C@H]4OP(=O)(O)O)[C@@H](O[C@H]4O[C@H]([C@@H](O)CO)[C@@H](O)[C@H](O)[C@@H]4O)[C@@H](O)[C@@H]3O)O[C@H](CO)[C@H]2O)[C@H](O)[C@H](O)[C@H]1O. The third-order valence-electron chi connectivity index (χ3n) is 21.1. The summed E-state index contributed by atoms with van der Waals surface area (Å²) in [5.74, 6) is -6.05. The summed E-state index contributed by atoms with van der Waals surface area (Å²) in [4.78, 5) is 55.3. The average Bonchev–Trinajstić information content (AvgIpc) is 0.746. The van der Waals surface area contributed by atoms with Crippen LogP contribution >= 0.6 is 15.6 Å². The van der Waals surface area contributed by atoms with Crippen molar-refractivity contribution < 1.29 is 256 Å². The van der Waals surface area contributed by atoms with E-state index in [1.807, 2.05) is 0 Å². The summed E-state index contributed by atoms with van der Waals surface area (Å²) in [6.45, 7) is -8.73. The number of aliphatic hydroxyl groups excluding tert-OH is 25. The summed E-state index contributed by atoms with van der Waals surface area (Å²) >= 11 is 0. The van der Waals surface area contributed by atoms with Gasteiger partial charge in [0.2, 0.25) is 0 Å². The van der Waals surface area contributed by atoms with Crippen molar-refractivity contribution in [1.82, 2.24) is 0 Å². The van der Waals surface area contributed by atoms with Crippen molar-refractivity contribution in [2.24, 2.45) is 22.9 Å². The molecule has 56 nitrogen and oxygen atoms in total. The lowest BCUT2D eigenvalue weighted by atomic mass is 9.91. The number of hydrogen-bond donors (Lipinski definition) is 34. The average molecular weight is 1770 g/mol. The van der Waals surface area contributed by atoms with Gasteiger partial charge in [-0.25, -0.2) is 13.9 Å².